The molecule has 0 atom stereocenters. The van der Waals surface area contributed by atoms with E-state index in [0.717, 1.165) is 0 Å². The molecule has 1 rings (SSSR count). The van der Waals surface area contributed by atoms with Crippen LogP contribution < -0.4 is 4.74 Å². The topological polar surface area (TPSA) is 33.0 Å². The average molecular weight is 192 g/mol. The fourth-order valence-corrected chi connectivity index (χ4v) is 0.973. The second-order valence-electron chi connectivity index (χ2n) is 2.21. The molecule has 13 heavy (non-hydrogen) atoms. The molecule has 3 heteroatoms. The van der Waals surface area contributed by atoms with Crippen LogP contribution in [-0.4, -0.2) is 0 Å². The van der Waals surface area contributed by atoms with E-state index >= 15 is 0 Å². The molecule has 2 nitrogen and oxygen atoms in total. The van der Waals surface area contributed by atoms with Crippen LogP contribution in [0, 0.1) is 23.4 Å². The summed E-state index contributed by atoms with van der Waals surface area (Å²) >= 11 is 5.76. The van der Waals surface area contributed by atoms with Gasteiger partial charge in [0.25, 0.3) is 0 Å². The molecule has 1 aromatic carbocycles. The number of ether oxygens (including phenoxy) is 1. The van der Waals surface area contributed by atoms with Crippen molar-refractivity contribution in [1.29, 1.82) is 5.26 Å². The van der Waals surface area contributed by atoms with E-state index in [2.05, 4.69) is 12.0 Å². The molecule has 0 aliphatic rings. The first-order valence-corrected chi connectivity index (χ1v) is 3.94. The predicted octanol–water partition coefficient (Wildman–Crippen LogP) is 2.57. The molecule has 0 spiro atoms. The summed E-state index contributed by atoms with van der Waals surface area (Å²) in [5.41, 5.74) is 0.429. The predicted molar refractivity (Wildman–Crippen MR) is 50.2 cm³/mol. The Labute approximate surface area is 81.7 Å². The Kier molecular flexibility index (Phi) is 3.20. The van der Waals surface area contributed by atoms with Gasteiger partial charge in [-0.1, -0.05) is 17.5 Å². The third-order valence-electron chi connectivity index (χ3n) is 1.33. The Morgan fingerprint density at radius 3 is 2.77 bits per heavy atom. The molecule has 64 valence electrons. The van der Waals surface area contributed by atoms with E-state index in [9.17, 15) is 0 Å². The van der Waals surface area contributed by atoms with Crippen molar-refractivity contribution >= 4 is 11.6 Å². The highest BCUT2D eigenvalue weighted by Gasteiger charge is 2.00. The Morgan fingerprint density at radius 2 is 2.23 bits per heavy atom. The minimum absolute atomic E-state index is 0.373. The van der Waals surface area contributed by atoms with Gasteiger partial charge in [-0.3, -0.25) is 0 Å². The van der Waals surface area contributed by atoms with Crippen LogP contribution in [0.25, 0.3) is 0 Å². The van der Waals surface area contributed by atoms with Crippen LogP contribution in [0.5, 0.6) is 5.75 Å². The van der Waals surface area contributed by atoms with E-state index in [0.29, 0.717) is 16.3 Å². The maximum atomic E-state index is 8.58. The summed E-state index contributed by atoms with van der Waals surface area (Å²) in [6, 6.07) is 6.75. The quantitative estimate of drug-likeness (QED) is 0.640. The van der Waals surface area contributed by atoms with Crippen molar-refractivity contribution in [3.05, 3.63) is 28.8 Å². The van der Waals surface area contributed by atoms with Crippen LogP contribution >= 0.6 is 11.6 Å². The minimum Gasteiger partial charge on any atom is -0.408 e. The number of hydrogen-bond donors (Lipinski definition) is 0. The van der Waals surface area contributed by atoms with Crippen molar-refractivity contribution in [3.8, 4) is 23.8 Å². The molecule has 0 radical (unpaired) electrons. The van der Waals surface area contributed by atoms with Gasteiger partial charge in [0.05, 0.1) is 10.6 Å². The van der Waals surface area contributed by atoms with Gasteiger partial charge in [-0.2, -0.15) is 5.26 Å². The monoisotopic (exact) mass is 191 g/mol. The van der Waals surface area contributed by atoms with Crippen LogP contribution in [0.4, 0.5) is 0 Å². The van der Waals surface area contributed by atoms with Gasteiger partial charge in [-0.05, 0) is 12.1 Å². The molecular weight excluding hydrogens is 186 g/mol. The fourth-order valence-electron chi connectivity index (χ4n) is 0.760. The van der Waals surface area contributed by atoms with Gasteiger partial charge >= 0.3 is 0 Å². The molecule has 0 heterocycles. The van der Waals surface area contributed by atoms with Crippen molar-refractivity contribution in [1.82, 2.24) is 0 Å². The Morgan fingerprint density at radius 1 is 1.46 bits per heavy atom. The number of benzene rings is 1. The molecule has 0 aromatic heterocycles. The highest BCUT2D eigenvalue weighted by Crippen LogP contribution is 2.21. The van der Waals surface area contributed by atoms with Gasteiger partial charge in [-0.15, -0.1) is 0 Å². The van der Waals surface area contributed by atoms with Gasteiger partial charge in [0.1, 0.15) is 17.9 Å². The minimum atomic E-state index is 0.373. The first kappa shape index (κ1) is 9.45. The maximum absolute atomic E-state index is 8.58. The molecule has 0 aliphatic heterocycles. The molecule has 0 saturated heterocycles. The highest BCUT2D eigenvalue weighted by atomic mass is 35.5. The summed E-state index contributed by atoms with van der Waals surface area (Å²) in [6.07, 6.45) is 2.44. The van der Waals surface area contributed by atoms with Crippen molar-refractivity contribution < 1.29 is 4.74 Å². The number of nitrogens with zero attached hydrogens (tertiary/aromatic N) is 1. The van der Waals surface area contributed by atoms with Gasteiger partial charge in [0, 0.05) is 13.0 Å². The molecule has 1 aromatic rings. The lowest BCUT2D eigenvalue weighted by atomic mass is 10.2. The summed E-state index contributed by atoms with van der Waals surface area (Å²) in [5, 5.41) is 8.96. The largest absolute Gasteiger partial charge is 0.408 e. The van der Waals surface area contributed by atoms with Crippen LogP contribution in [0.15, 0.2) is 18.2 Å². The molecule has 0 amide bonds. The fraction of sp³-hybridized carbons (Fsp3) is 0.100. The van der Waals surface area contributed by atoms with Gasteiger partial charge in [0.2, 0.25) is 0 Å². The van der Waals surface area contributed by atoms with Crippen LogP contribution in [0.2, 0.25) is 5.02 Å². The second-order valence-corrected chi connectivity index (χ2v) is 2.61. The molecule has 0 aliphatic carbocycles. The summed E-state index contributed by atoms with van der Waals surface area (Å²) in [4.78, 5) is 0. The standard InChI is InChI=1S/C10H6ClNO/c1-2-5-13-9-4-3-8(7-12)10(11)6-9/h3-4,6H,1H3. The van der Waals surface area contributed by atoms with E-state index < -0.39 is 0 Å². The SMILES string of the molecule is CC#COc1ccc(C#N)c(Cl)c1. The summed E-state index contributed by atoms with van der Waals surface area (Å²) < 4.78 is 4.98. The van der Waals surface area contributed by atoms with Crippen LogP contribution in [0.1, 0.15) is 12.5 Å². The molecule has 0 bridgehead atoms. The van der Waals surface area contributed by atoms with E-state index in [1.807, 2.05) is 6.07 Å². The van der Waals surface area contributed by atoms with E-state index in [4.69, 9.17) is 21.6 Å². The molecule has 0 unspecified atom stereocenters. The zero-order valence-corrected chi connectivity index (χ0v) is 7.72. The van der Waals surface area contributed by atoms with Crippen molar-refractivity contribution in [2.75, 3.05) is 0 Å². The lowest BCUT2D eigenvalue weighted by Crippen LogP contribution is -1.83. The zero-order chi connectivity index (χ0) is 9.68. The van der Waals surface area contributed by atoms with Crippen molar-refractivity contribution in [3.63, 3.8) is 0 Å². The van der Waals surface area contributed by atoms with Crippen molar-refractivity contribution in [2.24, 2.45) is 0 Å². The Balaban J connectivity index is 2.95. The van der Waals surface area contributed by atoms with Gasteiger partial charge < -0.3 is 4.74 Å². The number of hydrogen-bond acceptors (Lipinski definition) is 2. The maximum Gasteiger partial charge on any atom is 0.141 e. The molecule has 0 saturated carbocycles. The number of nitriles is 1. The molecule has 0 N–H and O–H groups in total. The first-order valence-electron chi connectivity index (χ1n) is 3.56. The summed E-state index contributed by atoms with van der Waals surface area (Å²) in [7, 11) is 0. The normalized spacial score (nSPS) is 8.08. The lowest BCUT2D eigenvalue weighted by Gasteiger charge is -1.98. The van der Waals surface area contributed by atoms with Crippen LogP contribution in [-0.2, 0) is 0 Å². The van der Waals surface area contributed by atoms with Gasteiger partial charge in [-0.25, -0.2) is 0 Å². The zero-order valence-electron chi connectivity index (χ0n) is 6.97. The molecular formula is C10H6ClNO. The third-order valence-corrected chi connectivity index (χ3v) is 1.64. The number of halogens is 1. The second kappa shape index (κ2) is 4.40. The summed E-state index contributed by atoms with van der Waals surface area (Å²) in [5.74, 6) is 3.12. The Bertz CT molecular complexity index is 409. The summed E-state index contributed by atoms with van der Waals surface area (Å²) in [6.45, 7) is 1.67. The average Bonchev–Trinajstić information content (AvgIpc) is 2.15. The van der Waals surface area contributed by atoms with E-state index in [1.54, 1.807) is 25.1 Å². The smallest absolute Gasteiger partial charge is 0.141 e. The lowest BCUT2D eigenvalue weighted by molar-refractivity contribution is 0.519. The van der Waals surface area contributed by atoms with E-state index in [-0.39, 0.29) is 0 Å². The first-order chi connectivity index (χ1) is 6.27. The van der Waals surface area contributed by atoms with Gasteiger partial charge in [0.15, 0.2) is 0 Å². The Hall–Kier alpha value is -1.64. The van der Waals surface area contributed by atoms with Crippen molar-refractivity contribution in [2.45, 2.75) is 6.92 Å². The number of rotatable bonds is 1. The van der Waals surface area contributed by atoms with E-state index in [1.165, 1.54) is 0 Å². The molecule has 0 fully saturated rings. The third kappa shape index (κ3) is 2.40. The van der Waals surface area contributed by atoms with Crippen LogP contribution in [0.3, 0.4) is 0 Å². The highest BCUT2D eigenvalue weighted by molar-refractivity contribution is 6.31.